The van der Waals surface area contributed by atoms with Gasteiger partial charge in [-0.3, -0.25) is 4.79 Å². The number of aromatic nitrogens is 1. The van der Waals surface area contributed by atoms with Crippen LogP contribution in [0.25, 0.3) is 11.1 Å². The molecule has 0 aliphatic carbocycles. The largest absolute Gasteiger partial charge is 0.496 e. The van der Waals surface area contributed by atoms with Gasteiger partial charge in [0.1, 0.15) is 17.8 Å². The fourth-order valence-electron chi connectivity index (χ4n) is 3.08. The lowest BCUT2D eigenvalue weighted by Gasteiger charge is -2.15. The molecule has 0 saturated carbocycles. The van der Waals surface area contributed by atoms with Crippen molar-refractivity contribution in [2.45, 2.75) is 18.8 Å². The Morgan fingerprint density at radius 2 is 2.18 bits per heavy atom. The van der Waals surface area contributed by atoms with Gasteiger partial charge in [0.15, 0.2) is 0 Å². The van der Waals surface area contributed by atoms with Crippen molar-refractivity contribution in [3.05, 3.63) is 71.7 Å². The molecule has 0 aliphatic heterocycles. The molecule has 3 aromatic rings. The minimum absolute atomic E-state index is 0.198. The highest BCUT2D eigenvalue weighted by Crippen LogP contribution is 2.35. The van der Waals surface area contributed by atoms with Gasteiger partial charge in [-0.15, -0.1) is 0 Å². The Morgan fingerprint density at radius 3 is 2.82 bits per heavy atom. The second kappa shape index (κ2) is 8.35. The number of carbonyl (C=O) groups is 1. The number of carboxylic acid groups (broad SMARTS) is 1. The van der Waals surface area contributed by atoms with E-state index in [-0.39, 0.29) is 18.7 Å². The highest BCUT2D eigenvalue weighted by atomic mass is 19.1. The summed E-state index contributed by atoms with van der Waals surface area (Å²) >= 11 is 0. The first-order valence-electron chi connectivity index (χ1n) is 8.47. The van der Waals surface area contributed by atoms with Gasteiger partial charge in [-0.2, -0.15) is 5.26 Å². The van der Waals surface area contributed by atoms with Crippen molar-refractivity contribution in [3.8, 4) is 22.9 Å². The number of aliphatic carboxylic acids is 1. The molecule has 1 aromatic heterocycles. The quantitative estimate of drug-likeness (QED) is 0.661. The van der Waals surface area contributed by atoms with Crippen LogP contribution in [-0.2, 0) is 11.2 Å². The molecule has 0 aliphatic rings. The van der Waals surface area contributed by atoms with Crippen molar-refractivity contribution in [1.82, 2.24) is 4.98 Å². The van der Waals surface area contributed by atoms with E-state index in [0.717, 1.165) is 5.56 Å². The fraction of sp³-hybridized carbons (Fsp3) is 0.190. The summed E-state index contributed by atoms with van der Waals surface area (Å²) in [7, 11) is 1.50. The number of ether oxygens (including phenoxy) is 1. The molecule has 0 saturated heterocycles. The summed E-state index contributed by atoms with van der Waals surface area (Å²) in [6, 6.07) is 11.6. The van der Waals surface area contributed by atoms with Crippen LogP contribution in [0.4, 0.5) is 4.39 Å². The summed E-state index contributed by atoms with van der Waals surface area (Å²) in [5, 5.41) is 18.2. The topological polar surface area (TPSA) is 96.3 Å². The summed E-state index contributed by atoms with van der Waals surface area (Å²) in [6.07, 6.45) is 2.67. The van der Waals surface area contributed by atoms with Crippen molar-refractivity contribution in [2.75, 3.05) is 7.11 Å². The zero-order chi connectivity index (χ0) is 20.1. The van der Waals surface area contributed by atoms with E-state index in [1.54, 1.807) is 24.3 Å². The Hall–Kier alpha value is -3.66. The van der Waals surface area contributed by atoms with E-state index >= 15 is 0 Å². The average molecular weight is 380 g/mol. The van der Waals surface area contributed by atoms with Crippen molar-refractivity contribution in [3.63, 3.8) is 0 Å². The summed E-state index contributed by atoms with van der Waals surface area (Å²) in [4.78, 5) is 15.4. The molecule has 1 N–H and O–H groups in total. The van der Waals surface area contributed by atoms with E-state index in [1.165, 1.54) is 31.7 Å². The molecule has 0 fully saturated rings. The van der Waals surface area contributed by atoms with Crippen LogP contribution in [-0.4, -0.2) is 23.2 Å². The Balaban J connectivity index is 2.12. The van der Waals surface area contributed by atoms with E-state index in [4.69, 9.17) is 14.4 Å². The first kappa shape index (κ1) is 19.1. The molecule has 0 bridgehead atoms. The predicted octanol–water partition coefficient (Wildman–Crippen LogP) is 4.16. The third kappa shape index (κ3) is 4.18. The molecule has 0 amide bonds. The summed E-state index contributed by atoms with van der Waals surface area (Å²) in [6.45, 7) is 0. The maximum Gasteiger partial charge on any atom is 0.304 e. The SMILES string of the molecule is COc1ccc(CC#N)cc1-c1cc(F)cc(C(CC(=O)O)c2ncco2)c1. The molecular formula is C21H17FN2O4. The van der Waals surface area contributed by atoms with E-state index in [1.807, 2.05) is 0 Å². The van der Waals surface area contributed by atoms with Crippen molar-refractivity contribution in [1.29, 1.82) is 5.26 Å². The number of nitriles is 1. The Bertz CT molecular complexity index is 1030. The molecule has 0 radical (unpaired) electrons. The molecule has 0 spiro atoms. The molecule has 1 unspecified atom stereocenters. The Kier molecular flexibility index (Phi) is 5.70. The number of hydrogen-bond acceptors (Lipinski definition) is 5. The van der Waals surface area contributed by atoms with Crippen LogP contribution in [0.1, 0.15) is 29.4 Å². The van der Waals surface area contributed by atoms with E-state index in [2.05, 4.69) is 11.1 Å². The predicted molar refractivity (Wildman–Crippen MR) is 98.3 cm³/mol. The number of halogens is 1. The van der Waals surface area contributed by atoms with Gasteiger partial charge in [-0.1, -0.05) is 6.07 Å². The molecule has 2 aromatic carbocycles. The van der Waals surface area contributed by atoms with Gasteiger partial charge >= 0.3 is 5.97 Å². The lowest BCUT2D eigenvalue weighted by Crippen LogP contribution is -2.09. The summed E-state index contributed by atoms with van der Waals surface area (Å²) in [5.74, 6) is -1.60. The van der Waals surface area contributed by atoms with Crippen LogP contribution in [0, 0.1) is 17.1 Å². The molecular weight excluding hydrogens is 363 g/mol. The molecule has 7 heteroatoms. The van der Waals surface area contributed by atoms with Crippen LogP contribution in [0.5, 0.6) is 5.75 Å². The summed E-state index contributed by atoms with van der Waals surface area (Å²) in [5.41, 5.74) is 2.30. The van der Waals surface area contributed by atoms with E-state index in [9.17, 15) is 14.3 Å². The maximum absolute atomic E-state index is 14.4. The van der Waals surface area contributed by atoms with Crippen LogP contribution >= 0.6 is 0 Å². The molecule has 142 valence electrons. The molecule has 3 rings (SSSR count). The van der Waals surface area contributed by atoms with E-state index in [0.29, 0.717) is 22.4 Å². The first-order chi connectivity index (χ1) is 13.5. The molecule has 28 heavy (non-hydrogen) atoms. The Labute approximate surface area is 160 Å². The molecule has 6 nitrogen and oxygen atoms in total. The maximum atomic E-state index is 14.4. The number of hydrogen-bond donors (Lipinski definition) is 1. The standard InChI is InChI=1S/C21H17FN2O4/c1-27-19-3-2-13(4-5-23)8-17(19)14-9-15(11-16(22)10-14)18(12-20(25)26)21-24-6-7-28-21/h2-3,6-11,18H,4,12H2,1H3,(H,25,26). The van der Waals surface area contributed by atoms with Gasteiger partial charge < -0.3 is 14.3 Å². The number of oxazole rings is 1. The second-order valence-electron chi connectivity index (χ2n) is 6.16. The normalized spacial score (nSPS) is 11.6. The van der Waals surface area contributed by atoms with Gasteiger partial charge in [-0.05, 0) is 47.0 Å². The monoisotopic (exact) mass is 380 g/mol. The first-order valence-corrected chi connectivity index (χ1v) is 8.47. The van der Waals surface area contributed by atoms with Crippen LogP contribution in [0.2, 0.25) is 0 Å². The summed E-state index contributed by atoms with van der Waals surface area (Å²) < 4.78 is 25.1. The minimum Gasteiger partial charge on any atom is -0.496 e. The fourth-order valence-corrected chi connectivity index (χ4v) is 3.08. The van der Waals surface area contributed by atoms with Crippen LogP contribution in [0.15, 0.2) is 53.3 Å². The molecule has 1 atom stereocenters. The lowest BCUT2D eigenvalue weighted by molar-refractivity contribution is -0.137. The van der Waals surface area contributed by atoms with Crippen LogP contribution in [0.3, 0.4) is 0 Å². The number of methoxy groups -OCH3 is 1. The van der Waals surface area contributed by atoms with Gasteiger partial charge in [0.25, 0.3) is 0 Å². The van der Waals surface area contributed by atoms with Gasteiger partial charge in [0.05, 0.1) is 38.1 Å². The number of rotatable bonds is 7. The number of benzene rings is 2. The Morgan fingerprint density at radius 1 is 1.36 bits per heavy atom. The van der Waals surface area contributed by atoms with Gasteiger partial charge in [0, 0.05) is 5.56 Å². The zero-order valence-electron chi connectivity index (χ0n) is 15.1. The van der Waals surface area contributed by atoms with Gasteiger partial charge in [0.2, 0.25) is 5.89 Å². The van der Waals surface area contributed by atoms with Gasteiger partial charge in [-0.25, -0.2) is 9.37 Å². The third-order valence-electron chi connectivity index (χ3n) is 4.31. The third-order valence-corrected chi connectivity index (χ3v) is 4.31. The highest BCUT2D eigenvalue weighted by molar-refractivity contribution is 5.73. The van der Waals surface area contributed by atoms with Crippen molar-refractivity contribution >= 4 is 5.97 Å². The highest BCUT2D eigenvalue weighted by Gasteiger charge is 2.23. The number of nitrogens with zero attached hydrogens (tertiary/aromatic N) is 2. The molecule has 1 heterocycles. The van der Waals surface area contributed by atoms with Crippen LogP contribution < -0.4 is 4.74 Å². The average Bonchev–Trinajstić information content (AvgIpc) is 3.20. The lowest BCUT2D eigenvalue weighted by atomic mass is 9.91. The van der Waals surface area contributed by atoms with Crippen molar-refractivity contribution < 1.29 is 23.4 Å². The smallest absolute Gasteiger partial charge is 0.304 e. The number of carboxylic acids is 1. The second-order valence-corrected chi connectivity index (χ2v) is 6.16. The zero-order valence-corrected chi connectivity index (χ0v) is 15.1. The minimum atomic E-state index is -1.05. The van der Waals surface area contributed by atoms with Crippen molar-refractivity contribution in [2.24, 2.45) is 0 Å². The van der Waals surface area contributed by atoms with E-state index < -0.39 is 17.7 Å².